The number of amides is 2. The number of rotatable bonds is 4. The van der Waals surface area contributed by atoms with Crippen LogP contribution in [0.4, 0.5) is 4.79 Å². The number of likely N-dealkylation sites (tertiary alicyclic amines) is 1. The zero-order chi connectivity index (χ0) is 14.9. The molecule has 0 aliphatic carbocycles. The summed E-state index contributed by atoms with van der Waals surface area (Å²) in [6.45, 7) is 6.50. The van der Waals surface area contributed by atoms with Crippen molar-refractivity contribution >= 4 is 23.3 Å². The number of aromatic nitrogens is 1. The molecular weight excluding hydrogens is 278 g/mol. The number of thiazole rings is 1. The summed E-state index contributed by atoms with van der Waals surface area (Å²) in [6, 6.07) is -0.281. The highest BCUT2D eigenvalue weighted by Crippen LogP contribution is 2.25. The van der Waals surface area contributed by atoms with E-state index in [2.05, 4.69) is 10.3 Å². The average Bonchev–Trinajstić information content (AvgIpc) is 2.73. The van der Waals surface area contributed by atoms with E-state index in [1.54, 1.807) is 11.8 Å². The maximum atomic E-state index is 12.0. The van der Waals surface area contributed by atoms with E-state index in [4.69, 9.17) is 5.11 Å². The van der Waals surface area contributed by atoms with E-state index >= 15 is 0 Å². The number of aliphatic carboxylic acids is 1. The summed E-state index contributed by atoms with van der Waals surface area (Å²) >= 11 is 1.52. The monoisotopic (exact) mass is 297 g/mol. The van der Waals surface area contributed by atoms with Crippen LogP contribution in [0.15, 0.2) is 5.38 Å². The van der Waals surface area contributed by atoms with Gasteiger partial charge in [-0.1, -0.05) is 6.92 Å². The topological polar surface area (TPSA) is 82.5 Å². The average molecular weight is 297 g/mol. The lowest BCUT2D eigenvalue weighted by molar-refractivity contribution is -0.144. The molecule has 2 amide bonds. The van der Waals surface area contributed by atoms with Crippen LogP contribution in [0.1, 0.15) is 30.6 Å². The van der Waals surface area contributed by atoms with Crippen LogP contribution in [0.25, 0.3) is 0 Å². The molecule has 2 heterocycles. The van der Waals surface area contributed by atoms with Crippen LogP contribution in [-0.4, -0.2) is 40.1 Å². The molecule has 2 atom stereocenters. The van der Waals surface area contributed by atoms with Gasteiger partial charge in [0.1, 0.15) is 5.01 Å². The molecule has 6 nitrogen and oxygen atoms in total. The largest absolute Gasteiger partial charge is 0.481 e. The van der Waals surface area contributed by atoms with Crippen molar-refractivity contribution in [3.8, 4) is 0 Å². The zero-order valence-corrected chi connectivity index (χ0v) is 12.6. The number of aryl methyl sites for hydroxylation is 1. The summed E-state index contributed by atoms with van der Waals surface area (Å²) < 4.78 is 0. The number of nitrogens with zero attached hydrogens (tertiary/aromatic N) is 2. The molecule has 20 heavy (non-hydrogen) atoms. The third-order valence-electron chi connectivity index (χ3n) is 3.64. The third-order valence-corrected chi connectivity index (χ3v) is 4.79. The van der Waals surface area contributed by atoms with E-state index in [1.807, 2.05) is 19.2 Å². The Morgan fingerprint density at radius 2 is 2.15 bits per heavy atom. The fourth-order valence-electron chi connectivity index (χ4n) is 2.11. The maximum absolute atomic E-state index is 12.0. The van der Waals surface area contributed by atoms with Gasteiger partial charge < -0.3 is 15.3 Å². The normalized spacial score (nSPS) is 18.2. The fourth-order valence-corrected chi connectivity index (χ4v) is 2.91. The second-order valence-electron chi connectivity index (χ2n) is 5.29. The number of urea groups is 1. The van der Waals surface area contributed by atoms with E-state index in [-0.39, 0.29) is 18.0 Å². The van der Waals surface area contributed by atoms with Crippen molar-refractivity contribution in [1.82, 2.24) is 15.2 Å². The summed E-state index contributed by atoms with van der Waals surface area (Å²) in [4.78, 5) is 28.8. The van der Waals surface area contributed by atoms with E-state index in [0.717, 1.165) is 10.7 Å². The van der Waals surface area contributed by atoms with Gasteiger partial charge in [-0.25, -0.2) is 9.78 Å². The number of hydrogen-bond donors (Lipinski definition) is 2. The Kier molecular flexibility index (Phi) is 4.27. The Balaban J connectivity index is 1.81. The van der Waals surface area contributed by atoms with Crippen LogP contribution in [0.3, 0.4) is 0 Å². The summed E-state index contributed by atoms with van der Waals surface area (Å²) in [5.41, 5.74) is 0.949. The second kappa shape index (κ2) is 5.78. The molecule has 1 fully saturated rings. The van der Waals surface area contributed by atoms with Crippen molar-refractivity contribution in [1.29, 1.82) is 0 Å². The fraction of sp³-hybridized carbons (Fsp3) is 0.615. The minimum atomic E-state index is -0.804. The maximum Gasteiger partial charge on any atom is 0.317 e. The van der Waals surface area contributed by atoms with Crippen LogP contribution < -0.4 is 5.32 Å². The predicted molar refractivity (Wildman–Crippen MR) is 75.7 cm³/mol. The molecule has 0 bridgehead atoms. The van der Waals surface area contributed by atoms with Crippen molar-refractivity contribution in [2.45, 2.75) is 26.8 Å². The molecule has 1 aliphatic rings. The van der Waals surface area contributed by atoms with Gasteiger partial charge in [-0.15, -0.1) is 11.3 Å². The van der Waals surface area contributed by atoms with E-state index in [9.17, 15) is 9.59 Å². The minimum absolute atomic E-state index is 0.0515. The Morgan fingerprint density at radius 1 is 1.50 bits per heavy atom. The highest BCUT2D eigenvalue weighted by atomic mass is 32.1. The van der Waals surface area contributed by atoms with Gasteiger partial charge >= 0.3 is 12.0 Å². The molecule has 1 saturated heterocycles. The summed E-state index contributed by atoms with van der Waals surface area (Å²) in [7, 11) is 0. The Hall–Kier alpha value is -1.63. The van der Waals surface area contributed by atoms with Crippen LogP contribution in [-0.2, 0) is 4.79 Å². The van der Waals surface area contributed by atoms with Crippen molar-refractivity contribution < 1.29 is 14.7 Å². The Bertz CT molecular complexity index is 511. The van der Waals surface area contributed by atoms with Crippen molar-refractivity contribution in [3.05, 3.63) is 16.1 Å². The summed E-state index contributed by atoms with van der Waals surface area (Å²) in [5.74, 6) is -1.16. The van der Waals surface area contributed by atoms with Crippen molar-refractivity contribution in [3.63, 3.8) is 0 Å². The van der Waals surface area contributed by atoms with Gasteiger partial charge in [0.15, 0.2) is 0 Å². The first-order valence-corrected chi connectivity index (χ1v) is 7.46. The minimum Gasteiger partial charge on any atom is -0.481 e. The molecule has 1 aromatic rings. The van der Waals surface area contributed by atoms with Gasteiger partial charge in [-0.2, -0.15) is 0 Å². The second-order valence-corrected chi connectivity index (χ2v) is 6.18. The number of carbonyl (C=O) groups excluding carboxylic acids is 1. The van der Waals surface area contributed by atoms with Crippen LogP contribution in [0.2, 0.25) is 0 Å². The summed E-state index contributed by atoms with van der Waals surface area (Å²) in [6.07, 6.45) is 0. The number of carboxylic acids is 1. The number of carbonyl (C=O) groups is 2. The quantitative estimate of drug-likeness (QED) is 0.889. The predicted octanol–water partition coefficient (Wildman–Crippen LogP) is 1.87. The molecule has 0 saturated carbocycles. The first kappa shape index (κ1) is 14.8. The van der Waals surface area contributed by atoms with Gasteiger partial charge in [0.2, 0.25) is 0 Å². The van der Waals surface area contributed by atoms with Crippen LogP contribution in [0.5, 0.6) is 0 Å². The Labute approximate surface area is 121 Å². The standard InChI is InChI=1S/C13H19N3O3S/c1-7-6-20-11(14-7)9(3)15-13(19)16-4-10(5-16)8(2)12(17)18/h6,8-10H,4-5H2,1-3H3,(H,15,19)(H,17,18). The lowest BCUT2D eigenvalue weighted by Crippen LogP contribution is -2.56. The number of hydrogen-bond acceptors (Lipinski definition) is 4. The lowest BCUT2D eigenvalue weighted by Gasteiger charge is -2.41. The van der Waals surface area contributed by atoms with E-state index in [1.165, 1.54) is 11.3 Å². The van der Waals surface area contributed by atoms with Gasteiger partial charge in [0.05, 0.1) is 12.0 Å². The molecule has 1 aromatic heterocycles. The molecule has 0 radical (unpaired) electrons. The third kappa shape index (κ3) is 3.09. The molecule has 7 heteroatoms. The van der Waals surface area contributed by atoms with Crippen LogP contribution in [0, 0.1) is 18.8 Å². The summed E-state index contributed by atoms with van der Waals surface area (Å²) in [5, 5.41) is 14.6. The molecule has 2 unspecified atom stereocenters. The Morgan fingerprint density at radius 3 is 2.65 bits per heavy atom. The number of carboxylic acid groups (broad SMARTS) is 1. The first-order chi connectivity index (χ1) is 9.38. The zero-order valence-electron chi connectivity index (χ0n) is 11.8. The van der Waals surface area contributed by atoms with Crippen molar-refractivity contribution in [2.24, 2.45) is 11.8 Å². The van der Waals surface area contributed by atoms with Gasteiger partial charge in [0, 0.05) is 30.1 Å². The molecule has 0 aromatic carbocycles. The SMILES string of the molecule is Cc1csc(C(C)NC(=O)N2CC(C(C)C(=O)O)C2)n1. The smallest absolute Gasteiger partial charge is 0.317 e. The highest BCUT2D eigenvalue weighted by molar-refractivity contribution is 7.09. The number of nitrogens with one attached hydrogen (secondary N) is 1. The van der Waals surface area contributed by atoms with Crippen molar-refractivity contribution in [2.75, 3.05) is 13.1 Å². The lowest BCUT2D eigenvalue weighted by atomic mass is 9.87. The molecule has 2 rings (SSSR count). The highest BCUT2D eigenvalue weighted by Gasteiger charge is 2.37. The van der Waals surface area contributed by atoms with E-state index in [0.29, 0.717) is 13.1 Å². The van der Waals surface area contributed by atoms with Crippen LogP contribution >= 0.6 is 11.3 Å². The van der Waals surface area contributed by atoms with Gasteiger partial charge in [-0.05, 0) is 13.8 Å². The molecule has 1 aliphatic heterocycles. The van der Waals surface area contributed by atoms with Gasteiger partial charge in [-0.3, -0.25) is 4.79 Å². The molecular formula is C13H19N3O3S. The molecule has 2 N–H and O–H groups in total. The van der Waals surface area contributed by atoms with Gasteiger partial charge in [0.25, 0.3) is 0 Å². The molecule has 110 valence electrons. The molecule has 0 spiro atoms. The first-order valence-electron chi connectivity index (χ1n) is 6.58. The van der Waals surface area contributed by atoms with E-state index < -0.39 is 11.9 Å².